The van der Waals surface area contributed by atoms with E-state index in [2.05, 4.69) is 5.32 Å². The number of hydrogen-bond donors (Lipinski definition) is 1. The van der Waals surface area contributed by atoms with Crippen molar-refractivity contribution in [1.82, 2.24) is 10.2 Å². The van der Waals surface area contributed by atoms with E-state index in [1.165, 1.54) is 7.11 Å². The minimum absolute atomic E-state index is 0.0320. The molecule has 0 fully saturated rings. The zero-order chi connectivity index (χ0) is 23.0. The van der Waals surface area contributed by atoms with Crippen LogP contribution in [-0.4, -0.2) is 50.1 Å². The predicted molar refractivity (Wildman–Crippen MR) is 120 cm³/mol. The van der Waals surface area contributed by atoms with Gasteiger partial charge in [0, 0.05) is 18.2 Å². The molecule has 0 heterocycles. The van der Waals surface area contributed by atoms with E-state index in [9.17, 15) is 9.59 Å². The molecule has 1 atom stereocenters. The number of amides is 2. The zero-order valence-electron chi connectivity index (χ0n) is 19.1. The maximum absolute atomic E-state index is 13.2. The molecule has 2 aromatic carbocycles. The van der Waals surface area contributed by atoms with Crippen molar-refractivity contribution in [3.63, 3.8) is 0 Å². The van der Waals surface area contributed by atoms with E-state index in [4.69, 9.17) is 14.2 Å². The van der Waals surface area contributed by atoms with Crippen molar-refractivity contribution in [2.75, 3.05) is 27.4 Å². The molecule has 2 amide bonds. The van der Waals surface area contributed by atoms with Crippen LogP contribution in [0.3, 0.4) is 0 Å². The molecule has 1 unspecified atom stereocenters. The second kappa shape index (κ2) is 11.2. The Kier molecular flexibility index (Phi) is 8.73. The highest BCUT2D eigenvalue weighted by Gasteiger charge is 2.23. The van der Waals surface area contributed by atoms with Crippen molar-refractivity contribution in [3.05, 3.63) is 53.6 Å². The van der Waals surface area contributed by atoms with Crippen molar-refractivity contribution in [3.8, 4) is 17.2 Å². The second-order valence-corrected chi connectivity index (χ2v) is 7.42. The smallest absolute Gasteiger partial charge is 0.258 e. The van der Waals surface area contributed by atoms with E-state index >= 15 is 0 Å². The first-order valence-corrected chi connectivity index (χ1v) is 10.4. The van der Waals surface area contributed by atoms with Gasteiger partial charge >= 0.3 is 0 Å². The molecule has 7 nitrogen and oxygen atoms in total. The lowest BCUT2D eigenvalue weighted by Gasteiger charge is -2.29. The van der Waals surface area contributed by atoms with Gasteiger partial charge in [-0.25, -0.2) is 0 Å². The Morgan fingerprint density at radius 3 is 2.35 bits per heavy atom. The molecule has 2 aromatic rings. The van der Waals surface area contributed by atoms with Gasteiger partial charge in [-0.2, -0.15) is 0 Å². The monoisotopic (exact) mass is 428 g/mol. The summed E-state index contributed by atoms with van der Waals surface area (Å²) in [4.78, 5) is 26.9. The quantitative estimate of drug-likeness (QED) is 0.622. The lowest BCUT2D eigenvalue weighted by molar-refractivity contribution is -0.123. The molecule has 0 saturated heterocycles. The molecule has 168 valence electrons. The highest BCUT2D eigenvalue weighted by Crippen LogP contribution is 2.30. The summed E-state index contributed by atoms with van der Waals surface area (Å²) in [5.74, 6) is 1.20. The summed E-state index contributed by atoms with van der Waals surface area (Å²) < 4.78 is 16.3. The molecule has 31 heavy (non-hydrogen) atoms. The summed E-state index contributed by atoms with van der Waals surface area (Å²) in [7, 11) is 3.12. The van der Waals surface area contributed by atoms with E-state index in [0.717, 1.165) is 11.3 Å². The van der Waals surface area contributed by atoms with Crippen LogP contribution in [0.25, 0.3) is 0 Å². The highest BCUT2D eigenvalue weighted by molar-refractivity contribution is 5.95. The fourth-order valence-electron chi connectivity index (χ4n) is 3.27. The van der Waals surface area contributed by atoms with Crippen LogP contribution in [0.2, 0.25) is 0 Å². The molecule has 0 bridgehead atoms. The number of carbonyl (C=O) groups excluding carboxylic acids is 2. The molecule has 2 rings (SSSR count). The Morgan fingerprint density at radius 1 is 1.00 bits per heavy atom. The average Bonchev–Trinajstić information content (AvgIpc) is 2.77. The Hall–Kier alpha value is -3.22. The number of methoxy groups -OCH3 is 2. The summed E-state index contributed by atoms with van der Waals surface area (Å²) in [5, 5.41) is 2.76. The molecular weight excluding hydrogens is 396 g/mol. The van der Waals surface area contributed by atoms with Gasteiger partial charge < -0.3 is 24.4 Å². The third-order valence-corrected chi connectivity index (χ3v) is 4.86. The SMILES string of the molecule is CCN(C(=O)c1ccc(OCC(=O)NC(C)C)c(OC)c1)C(C)c1cccc(OC)c1. The number of nitrogens with one attached hydrogen (secondary N) is 1. The fraction of sp³-hybridized carbons (Fsp3) is 0.417. The molecule has 0 radical (unpaired) electrons. The van der Waals surface area contributed by atoms with Gasteiger partial charge in [-0.05, 0) is 63.6 Å². The lowest BCUT2D eigenvalue weighted by Crippen LogP contribution is -2.34. The molecule has 0 aliphatic carbocycles. The van der Waals surface area contributed by atoms with E-state index < -0.39 is 0 Å². The van der Waals surface area contributed by atoms with Gasteiger partial charge in [-0.15, -0.1) is 0 Å². The number of ether oxygens (including phenoxy) is 3. The molecule has 1 N–H and O–H groups in total. The van der Waals surface area contributed by atoms with Crippen molar-refractivity contribution < 1.29 is 23.8 Å². The normalized spacial score (nSPS) is 11.6. The minimum Gasteiger partial charge on any atom is -0.497 e. The predicted octanol–water partition coefficient (Wildman–Crippen LogP) is 3.83. The zero-order valence-corrected chi connectivity index (χ0v) is 19.1. The topological polar surface area (TPSA) is 77.1 Å². The Balaban J connectivity index is 2.19. The van der Waals surface area contributed by atoms with Crippen LogP contribution in [0.5, 0.6) is 17.2 Å². The van der Waals surface area contributed by atoms with Crippen molar-refractivity contribution >= 4 is 11.8 Å². The third-order valence-electron chi connectivity index (χ3n) is 4.86. The van der Waals surface area contributed by atoms with Gasteiger partial charge in [0.25, 0.3) is 11.8 Å². The summed E-state index contributed by atoms with van der Waals surface area (Å²) in [6.07, 6.45) is 0. The van der Waals surface area contributed by atoms with E-state index in [-0.39, 0.29) is 30.5 Å². The molecular formula is C24H32N2O5. The third kappa shape index (κ3) is 6.38. The van der Waals surface area contributed by atoms with Crippen LogP contribution in [0, 0.1) is 0 Å². The maximum atomic E-state index is 13.2. The lowest BCUT2D eigenvalue weighted by atomic mass is 10.0. The standard InChI is InChI=1S/C24H32N2O5/c1-7-26(17(4)18-9-8-10-20(13-18)29-5)24(28)19-11-12-21(22(14-19)30-6)31-15-23(27)25-16(2)3/h8-14,16-17H,7,15H2,1-6H3,(H,25,27). The summed E-state index contributed by atoms with van der Waals surface area (Å²) in [5.41, 5.74) is 1.46. The van der Waals surface area contributed by atoms with Crippen molar-refractivity contribution in [2.24, 2.45) is 0 Å². The first kappa shape index (κ1) is 24.1. The van der Waals surface area contributed by atoms with Gasteiger partial charge in [0.15, 0.2) is 18.1 Å². The van der Waals surface area contributed by atoms with Gasteiger partial charge in [0.05, 0.1) is 20.3 Å². The van der Waals surface area contributed by atoms with Gasteiger partial charge in [-0.1, -0.05) is 12.1 Å². The molecule has 0 aliphatic rings. The first-order valence-electron chi connectivity index (χ1n) is 10.4. The second-order valence-electron chi connectivity index (χ2n) is 7.42. The Labute approximate surface area is 184 Å². The Bertz CT molecular complexity index is 897. The van der Waals surface area contributed by atoms with Crippen LogP contribution in [0.15, 0.2) is 42.5 Å². The fourth-order valence-corrected chi connectivity index (χ4v) is 3.27. The van der Waals surface area contributed by atoms with E-state index in [1.807, 2.05) is 52.0 Å². The number of nitrogens with zero attached hydrogens (tertiary/aromatic N) is 1. The summed E-state index contributed by atoms with van der Waals surface area (Å²) in [6, 6.07) is 12.5. The molecule has 0 aliphatic heterocycles. The first-order chi connectivity index (χ1) is 14.8. The molecule has 0 spiro atoms. The number of rotatable bonds is 10. The van der Waals surface area contributed by atoms with Crippen LogP contribution in [-0.2, 0) is 4.79 Å². The van der Waals surface area contributed by atoms with Crippen molar-refractivity contribution in [1.29, 1.82) is 0 Å². The van der Waals surface area contributed by atoms with Crippen molar-refractivity contribution in [2.45, 2.75) is 39.8 Å². The van der Waals surface area contributed by atoms with Crippen LogP contribution < -0.4 is 19.5 Å². The van der Waals surface area contributed by atoms with Crippen LogP contribution >= 0.6 is 0 Å². The van der Waals surface area contributed by atoms with E-state index in [1.54, 1.807) is 30.2 Å². The number of hydrogen-bond acceptors (Lipinski definition) is 5. The molecule has 0 saturated carbocycles. The Morgan fingerprint density at radius 2 is 1.74 bits per heavy atom. The maximum Gasteiger partial charge on any atom is 0.258 e. The van der Waals surface area contributed by atoms with Crippen LogP contribution in [0.1, 0.15) is 49.7 Å². The minimum atomic E-state index is -0.221. The number of benzene rings is 2. The molecule has 7 heteroatoms. The van der Waals surface area contributed by atoms with Crippen LogP contribution in [0.4, 0.5) is 0 Å². The number of carbonyl (C=O) groups is 2. The average molecular weight is 429 g/mol. The van der Waals surface area contributed by atoms with Gasteiger partial charge in [0.2, 0.25) is 0 Å². The van der Waals surface area contributed by atoms with Gasteiger partial charge in [0.1, 0.15) is 5.75 Å². The summed E-state index contributed by atoms with van der Waals surface area (Å²) >= 11 is 0. The molecule has 0 aromatic heterocycles. The highest BCUT2D eigenvalue weighted by atomic mass is 16.5. The van der Waals surface area contributed by atoms with E-state index in [0.29, 0.717) is 23.6 Å². The summed E-state index contributed by atoms with van der Waals surface area (Å²) in [6.45, 7) is 8.09. The van der Waals surface area contributed by atoms with Gasteiger partial charge in [-0.3, -0.25) is 9.59 Å². The largest absolute Gasteiger partial charge is 0.497 e.